The highest BCUT2D eigenvalue weighted by Crippen LogP contribution is 2.36. The number of nitrogens with zero attached hydrogens (tertiary/aromatic N) is 4. The monoisotopic (exact) mass is 529 g/mol. The second-order valence-corrected chi connectivity index (χ2v) is 9.23. The first-order valence-electron chi connectivity index (χ1n) is 12.9. The SMILES string of the molecule is COc1ccc([C@@H](C(=O)NC[C@@H]2CCCO2)N(C(=O)Cn2nnc3ccccc32)c2ccccc2OC)cc1. The Bertz CT molecular complexity index is 1430. The number of para-hydroxylation sites is 3. The molecule has 1 aliphatic rings. The summed E-state index contributed by atoms with van der Waals surface area (Å²) in [5.74, 6) is 0.405. The summed E-state index contributed by atoms with van der Waals surface area (Å²) in [4.78, 5) is 29.6. The lowest BCUT2D eigenvalue weighted by Crippen LogP contribution is -2.46. The van der Waals surface area contributed by atoms with E-state index in [1.54, 1.807) is 49.6 Å². The van der Waals surface area contributed by atoms with E-state index in [9.17, 15) is 9.59 Å². The molecule has 202 valence electrons. The van der Waals surface area contributed by atoms with E-state index in [4.69, 9.17) is 14.2 Å². The Morgan fingerprint density at radius 1 is 1.05 bits per heavy atom. The number of benzene rings is 3. The molecule has 0 unspecified atom stereocenters. The summed E-state index contributed by atoms with van der Waals surface area (Å²) in [6.45, 7) is 0.900. The lowest BCUT2D eigenvalue weighted by atomic mass is 10.0. The van der Waals surface area contributed by atoms with Crippen molar-refractivity contribution in [3.05, 3.63) is 78.4 Å². The summed E-state index contributed by atoms with van der Waals surface area (Å²) in [5, 5.41) is 11.4. The largest absolute Gasteiger partial charge is 0.497 e. The average molecular weight is 530 g/mol. The highest BCUT2D eigenvalue weighted by atomic mass is 16.5. The van der Waals surface area contributed by atoms with Gasteiger partial charge < -0.3 is 19.5 Å². The zero-order valence-electron chi connectivity index (χ0n) is 21.9. The van der Waals surface area contributed by atoms with Crippen molar-refractivity contribution < 1.29 is 23.8 Å². The molecule has 4 aromatic rings. The number of carbonyl (C=O) groups excluding carboxylic acids is 2. The Morgan fingerprint density at radius 2 is 1.82 bits per heavy atom. The van der Waals surface area contributed by atoms with Crippen LogP contribution in [0.1, 0.15) is 24.4 Å². The third-order valence-electron chi connectivity index (χ3n) is 6.78. The Balaban J connectivity index is 1.56. The maximum atomic E-state index is 14.2. The molecule has 1 fully saturated rings. The Hall–Kier alpha value is -4.44. The van der Waals surface area contributed by atoms with Crippen molar-refractivity contribution in [1.82, 2.24) is 20.3 Å². The third kappa shape index (κ3) is 5.70. The maximum Gasteiger partial charge on any atom is 0.249 e. The minimum absolute atomic E-state index is 0.0533. The number of aromatic nitrogens is 3. The van der Waals surface area contributed by atoms with Crippen molar-refractivity contribution >= 4 is 28.5 Å². The van der Waals surface area contributed by atoms with Crippen molar-refractivity contribution in [1.29, 1.82) is 0 Å². The Kier molecular flexibility index (Phi) is 8.02. The van der Waals surface area contributed by atoms with Crippen molar-refractivity contribution in [3.63, 3.8) is 0 Å². The molecule has 2 amide bonds. The van der Waals surface area contributed by atoms with Crippen LogP contribution in [0.15, 0.2) is 72.8 Å². The van der Waals surface area contributed by atoms with Gasteiger partial charge in [0.15, 0.2) is 0 Å². The number of ether oxygens (including phenoxy) is 3. The van der Waals surface area contributed by atoms with Crippen LogP contribution in [0, 0.1) is 0 Å². The fourth-order valence-electron chi connectivity index (χ4n) is 4.80. The third-order valence-corrected chi connectivity index (χ3v) is 6.78. The van der Waals surface area contributed by atoms with Crippen LogP contribution in [-0.4, -0.2) is 60.3 Å². The zero-order chi connectivity index (χ0) is 27.2. The van der Waals surface area contributed by atoms with Crippen LogP contribution in [0.2, 0.25) is 0 Å². The summed E-state index contributed by atoms with van der Waals surface area (Å²) in [6, 6.07) is 20.7. The number of fused-ring (bicyclic) bond motifs is 1. The normalized spacial score (nSPS) is 15.6. The number of amides is 2. The van der Waals surface area contributed by atoms with Gasteiger partial charge in [-0.05, 0) is 54.8 Å². The van der Waals surface area contributed by atoms with E-state index in [0.29, 0.717) is 41.4 Å². The van der Waals surface area contributed by atoms with Gasteiger partial charge in [0.1, 0.15) is 29.6 Å². The molecule has 0 saturated carbocycles. The highest BCUT2D eigenvalue weighted by molar-refractivity contribution is 6.02. The Morgan fingerprint density at radius 3 is 2.56 bits per heavy atom. The number of rotatable bonds is 10. The number of carbonyl (C=O) groups is 2. The lowest BCUT2D eigenvalue weighted by Gasteiger charge is -2.32. The van der Waals surface area contributed by atoms with Crippen LogP contribution >= 0.6 is 0 Å². The van der Waals surface area contributed by atoms with Gasteiger partial charge in [-0.15, -0.1) is 5.10 Å². The number of nitrogens with one attached hydrogen (secondary N) is 1. The second-order valence-electron chi connectivity index (χ2n) is 9.23. The molecule has 3 aromatic carbocycles. The molecular formula is C29H31N5O5. The van der Waals surface area contributed by atoms with Crippen LogP contribution in [-0.2, 0) is 20.9 Å². The summed E-state index contributed by atoms with van der Waals surface area (Å²) < 4.78 is 18.2. The molecule has 10 nitrogen and oxygen atoms in total. The van der Waals surface area contributed by atoms with Gasteiger partial charge in [0.2, 0.25) is 11.8 Å². The molecule has 0 radical (unpaired) electrons. The first-order chi connectivity index (χ1) is 19.1. The minimum Gasteiger partial charge on any atom is -0.497 e. The van der Waals surface area contributed by atoms with Crippen molar-refractivity contribution in [2.45, 2.75) is 31.5 Å². The molecule has 0 aliphatic carbocycles. The molecule has 1 saturated heterocycles. The Labute approximate surface area is 226 Å². The van der Waals surface area contributed by atoms with Crippen molar-refractivity contribution in [2.24, 2.45) is 0 Å². The topological polar surface area (TPSA) is 108 Å². The molecule has 39 heavy (non-hydrogen) atoms. The summed E-state index contributed by atoms with van der Waals surface area (Å²) in [5.41, 5.74) is 2.47. The smallest absolute Gasteiger partial charge is 0.249 e. The van der Waals surface area contributed by atoms with Crippen LogP contribution in [0.4, 0.5) is 5.69 Å². The second kappa shape index (κ2) is 12.0. The van der Waals surface area contributed by atoms with E-state index in [1.807, 2.05) is 30.3 Å². The number of hydrogen-bond acceptors (Lipinski definition) is 7. The summed E-state index contributed by atoms with van der Waals surface area (Å²) >= 11 is 0. The molecule has 10 heteroatoms. The number of methoxy groups -OCH3 is 2. The van der Waals surface area contributed by atoms with E-state index in [2.05, 4.69) is 15.6 Å². The molecule has 1 aromatic heterocycles. The van der Waals surface area contributed by atoms with Gasteiger partial charge in [0.25, 0.3) is 0 Å². The predicted molar refractivity (Wildman–Crippen MR) is 146 cm³/mol. The van der Waals surface area contributed by atoms with E-state index >= 15 is 0 Å². The fourth-order valence-corrected chi connectivity index (χ4v) is 4.80. The van der Waals surface area contributed by atoms with Gasteiger partial charge in [-0.2, -0.15) is 0 Å². The van der Waals surface area contributed by atoms with E-state index < -0.39 is 6.04 Å². The van der Waals surface area contributed by atoms with Gasteiger partial charge in [0.05, 0.1) is 31.5 Å². The molecule has 2 heterocycles. The van der Waals surface area contributed by atoms with Gasteiger partial charge in [-0.25, -0.2) is 4.68 Å². The van der Waals surface area contributed by atoms with E-state index in [-0.39, 0.29) is 24.5 Å². The minimum atomic E-state index is -1.00. The first kappa shape index (κ1) is 26.2. The average Bonchev–Trinajstić information content (AvgIpc) is 3.65. The van der Waals surface area contributed by atoms with Gasteiger partial charge in [0, 0.05) is 13.2 Å². The van der Waals surface area contributed by atoms with E-state index in [0.717, 1.165) is 18.4 Å². The summed E-state index contributed by atoms with van der Waals surface area (Å²) in [6.07, 6.45) is 1.78. The standard InChI is InChI=1S/C29H31N5O5/c1-37-21-15-13-20(14-16-21)28(29(36)30-18-22-8-7-17-39-22)34(25-11-5-6-12-26(25)38-2)27(35)19-33-24-10-4-3-9-23(24)31-32-33/h3-6,9-16,22,28H,7-8,17-19H2,1-2H3,(H,30,36)/t22-,28-/m0/s1. The quantitative estimate of drug-likeness (QED) is 0.335. The maximum absolute atomic E-state index is 14.2. The fraction of sp³-hybridized carbons (Fsp3) is 0.310. The van der Waals surface area contributed by atoms with Crippen LogP contribution in [0.25, 0.3) is 11.0 Å². The lowest BCUT2D eigenvalue weighted by molar-refractivity contribution is -0.127. The van der Waals surface area contributed by atoms with Gasteiger partial charge >= 0.3 is 0 Å². The van der Waals surface area contributed by atoms with Crippen LogP contribution in [0.5, 0.6) is 11.5 Å². The molecule has 0 bridgehead atoms. The zero-order valence-corrected chi connectivity index (χ0v) is 21.9. The molecule has 5 rings (SSSR count). The number of hydrogen-bond donors (Lipinski definition) is 1. The molecule has 1 aliphatic heterocycles. The molecule has 1 N–H and O–H groups in total. The van der Waals surface area contributed by atoms with Crippen molar-refractivity contribution in [3.8, 4) is 11.5 Å². The van der Waals surface area contributed by atoms with Crippen molar-refractivity contribution in [2.75, 3.05) is 32.3 Å². The van der Waals surface area contributed by atoms with Gasteiger partial charge in [-0.3, -0.25) is 14.5 Å². The van der Waals surface area contributed by atoms with Gasteiger partial charge in [-0.1, -0.05) is 41.6 Å². The molecule has 0 spiro atoms. The predicted octanol–water partition coefficient (Wildman–Crippen LogP) is 3.52. The first-order valence-corrected chi connectivity index (χ1v) is 12.9. The van der Waals surface area contributed by atoms with E-state index in [1.165, 1.54) is 16.7 Å². The highest BCUT2D eigenvalue weighted by Gasteiger charge is 2.35. The molecule has 2 atom stereocenters. The number of anilines is 1. The summed E-state index contributed by atoms with van der Waals surface area (Å²) in [7, 11) is 3.11. The molecular weight excluding hydrogens is 498 g/mol. The van der Waals surface area contributed by atoms with Crippen LogP contribution in [0.3, 0.4) is 0 Å². The van der Waals surface area contributed by atoms with Crippen LogP contribution < -0.4 is 19.7 Å².